The Balaban J connectivity index is 1.34. The van der Waals surface area contributed by atoms with E-state index in [4.69, 9.17) is 4.74 Å². The number of para-hydroxylation sites is 2. The maximum atomic E-state index is 12.6. The monoisotopic (exact) mass is 365 g/mol. The van der Waals surface area contributed by atoms with Gasteiger partial charge in [0, 0.05) is 38.9 Å². The van der Waals surface area contributed by atoms with E-state index in [-0.39, 0.29) is 6.03 Å². The number of fused-ring (bicyclic) bond motifs is 1. The van der Waals surface area contributed by atoms with Gasteiger partial charge < -0.3 is 19.4 Å². The molecule has 3 heterocycles. The van der Waals surface area contributed by atoms with Crippen LogP contribution in [0.4, 0.5) is 10.5 Å². The van der Waals surface area contributed by atoms with Crippen LogP contribution in [0.5, 0.6) is 5.75 Å². The van der Waals surface area contributed by atoms with E-state index < -0.39 is 0 Å². The van der Waals surface area contributed by atoms with Crippen molar-refractivity contribution in [3.05, 3.63) is 60.6 Å². The second-order valence-corrected chi connectivity index (χ2v) is 6.57. The smallest absolute Gasteiger partial charge is 0.322 e. The van der Waals surface area contributed by atoms with Crippen LogP contribution in [-0.2, 0) is 6.54 Å². The number of hydrogen-bond donors (Lipinski definition) is 1. The lowest BCUT2D eigenvalue weighted by Crippen LogP contribution is -2.49. The Bertz CT molecular complexity index is 931. The lowest BCUT2D eigenvalue weighted by atomic mass is 10.3. The van der Waals surface area contributed by atoms with Crippen molar-refractivity contribution in [2.24, 2.45) is 0 Å². The number of ether oxygens (including phenoxy) is 1. The maximum Gasteiger partial charge on any atom is 0.322 e. The molecule has 2 amide bonds. The number of amides is 2. The molecular weight excluding hydrogens is 342 g/mol. The second-order valence-electron chi connectivity index (χ2n) is 6.57. The molecule has 1 N–H and O–H groups in total. The van der Waals surface area contributed by atoms with Crippen LogP contribution in [0.2, 0.25) is 0 Å². The van der Waals surface area contributed by atoms with Gasteiger partial charge in [0.05, 0.1) is 24.7 Å². The highest BCUT2D eigenvalue weighted by molar-refractivity contribution is 5.91. The molecule has 1 aliphatic heterocycles. The van der Waals surface area contributed by atoms with Crippen LogP contribution in [0.3, 0.4) is 0 Å². The van der Waals surface area contributed by atoms with Gasteiger partial charge in [-0.25, -0.2) is 9.78 Å². The second kappa shape index (κ2) is 7.67. The van der Waals surface area contributed by atoms with Crippen LogP contribution in [0, 0.1) is 0 Å². The molecule has 1 aromatic carbocycles. The summed E-state index contributed by atoms with van der Waals surface area (Å²) in [6, 6.07) is 13.4. The Morgan fingerprint density at radius 2 is 1.89 bits per heavy atom. The fraction of sp³-hybridized carbons (Fsp3) is 0.300. The van der Waals surface area contributed by atoms with E-state index in [1.165, 1.54) is 0 Å². The number of piperazine rings is 1. The fourth-order valence-electron chi connectivity index (χ4n) is 3.38. The Morgan fingerprint density at radius 3 is 2.70 bits per heavy atom. The van der Waals surface area contributed by atoms with Gasteiger partial charge in [-0.15, -0.1) is 0 Å². The molecule has 4 rings (SSSR count). The van der Waals surface area contributed by atoms with Crippen LogP contribution in [0.1, 0.15) is 5.69 Å². The molecule has 0 radical (unpaired) electrons. The number of urea groups is 1. The molecule has 0 spiro atoms. The molecular formula is C20H23N5O2. The predicted molar refractivity (Wildman–Crippen MR) is 104 cm³/mol. The third-order valence-electron chi connectivity index (χ3n) is 4.89. The largest absolute Gasteiger partial charge is 0.495 e. The molecule has 0 atom stereocenters. The first-order valence-corrected chi connectivity index (χ1v) is 9.07. The number of hydrogen-bond acceptors (Lipinski definition) is 4. The summed E-state index contributed by atoms with van der Waals surface area (Å²) in [5.41, 5.74) is 2.82. The average Bonchev–Trinajstić information content (AvgIpc) is 3.12. The SMILES string of the molecule is COc1ccccc1NC(=O)N1CCN(Cc2cnc3ccccn23)CC1. The maximum absolute atomic E-state index is 12.6. The molecule has 1 saturated heterocycles. The van der Waals surface area contributed by atoms with E-state index >= 15 is 0 Å². The van der Waals surface area contributed by atoms with Crippen LogP contribution in [0.15, 0.2) is 54.9 Å². The molecule has 7 nitrogen and oxygen atoms in total. The van der Waals surface area contributed by atoms with Gasteiger partial charge in [-0.2, -0.15) is 0 Å². The number of methoxy groups -OCH3 is 1. The minimum atomic E-state index is -0.0889. The zero-order chi connectivity index (χ0) is 18.6. The zero-order valence-corrected chi connectivity index (χ0v) is 15.3. The van der Waals surface area contributed by atoms with E-state index in [1.54, 1.807) is 7.11 Å². The molecule has 0 saturated carbocycles. The number of anilines is 1. The van der Waals surface area contributed by atoms with Crippen LogP contribution in [-0.4, -0.2) is 58.5 Å². The van der Waals surface area contributed by atoms with Crippen LogP contribution >= 0.6 is 0 Å². The Morgan fingerprint density at radius 1 is 1.11 bits per heavy atom. The average molecular weight is 365 g/mol. The summed E-state index contributed by atoms with van der Waals surface area (Å²) in [6.07, 6.45) is 3.96. The standard InChI is InChI=1S/C20H23N5O2/c1-27-18-7-3-2-6-17(18)22-20(26)24-12-10-23(11-13-24)15-16-14-21-19-8-4-5-9-25(16)19/h2-9,14H,10-13,15H2,1H3,(H,22,26). The van der Waals surface area contributed by atoms with Gasteiger partial charge in [-0.05, 0) is 24.3 Å². The third-order valence-corrected chi connectivity index (χ3v) is 4.89. The van der Waals surface area contributed by atoms with Crippen molar-refractivity contribution in [1.29, 1.82) is 0 Å². The summed E-state index contributed by atoms with van der Waals surface area (Å²) in [5.74, 6) is 0.664. The first-order chi connectivity index (χ1) is 13.2. The van der Waals surface area contributed by atoms with Gasteiger partial charge in [0.2, 0.25) is 0 Å². The predicted octanol–water partition coefficient (Wildman–Crippen LogP) is 2.69. The van der Waals surface area contributed by atoms with E-state index in [0.717, 1.165) is 31.0 Å². The van der Waals surface area contributed by atoms with E-state index in [0.29, 0.717) is 24.5 Å². The number of aromatic nitrogens is 2. The summed E-state index contributed by atoms with van der Waals surface area (Å²) in [5, 5.41) is 2.95. The minimum absolute atomic E-state index is 0.0889. The van der Waals surface area contributed by atoms with Crippen LogP contribution in [0.25, 0.3) is 5.65 Å². The quantitative estimate of drug-likeness (QED) is 0.772. The molecule has 1 aliphatic rings. The summed E-state index contributed by atoms with van der Waals surface area (Å²) < 4.78 is 7.41. The number of benzene rings is 1. The first-order valence-electron chi connectivity index (χ1n) is 9.07. The van der Waals surface area contributed by atoms with Crippen molar-refractivity contribution in [1.82, 2.24) is 19.2 Å². The summed E-state index contributed by atoms with van der Waals surface area (Å²) in [6.45, 7) is 3.88. The number of rotatable bonds is 4. The van der Waals surface area contributed by atoms with E-state index in [9.17, 15) is 4.79 Å². The van der Waals surface area contributed by atoms with Crippen molar-refractivity contribution < 1.29 is 9.53 Å². The molecule has 3 aromatic rings. The van der Waals surface area contributed by atoms with Crippen molar-refractivity contribution in [2.45, 2.75) is 6.54 Å². The lowest BCUT2D eigenvalue weighted by Gasteiger charge is -2.34. The number of nitrogens with zero attached hydrogens (tertiary/aromatic N) is 4. The number of pyridine rings is 1. The van der Waals surface area contributed by atoms with Gasteiger partial charge in [0.15, 0.2) is 0 Å². The molecule has 1 fully saturated rings. The third kappa shape index (κ3) is 3.73. The van der Waals surface area contributed by atoms with Gasteiger partial charge in [0.1, 0.15) is 11.4 Å². The Hall–Kier alpha value is -3.06. The van der Waals surface area contributed by atoms with E-state index in [1.807, 2.05) is 59.8 Å². The summed E-state index contributed by atoms with van der Waals surface area (Å²) >= 11 is 0. The van der Waals surface area contributed by atoms with E-state index in [2.05, 4.69) is 19.6 Å². The molecule has 27 heavy (non-hydrogen) atoms. The van der Waals surface area contributed by atoms with Crippen molar-refractivity contribution in [3.63, 3.8) is 0 Å². The number of nitrogens with one attached hydrogen (secondary N) is 1. The number of carbonyl (C=O) groups is 1. The Kier molecular flexibility index (Phi) is 4.93. The highest BCUT2D eigenvalue weighted by atomic mass is 16.5. The van der Waals surface area contributed by atoms with Gasteiger partial charge in [0.25, 0.3) is 0 Å². The van der Waals surface area contributed by atoms with Gasteiger partial charge in [-0.3, -0.25) is 4.90 Å². The summed E-state index contributed by atoms with van der Waals surface area (Å²) in [7, 11) is 1.60. The van der Waals surface area contributed by atoms with Crippen molar-refractivity contribution in [3.8, 4) is 5.75 Å². The normalized spacial score (nSPS) is 15.1. The summed E-state index contributed by atoms with van der Waals surface area (Å²) in [4.78, 5) is 21.2. The Labute approximate surface area is 158 Å². The lowest BCUT2D eigenvalue weighted by molar-refractivity contribution is 0.142. The highest BCUT2D eigenvalue weighted by Crippen LogP contribution is 2.23. The first kappa shape index (κ1) is 17.4. The molecule has 0 aliphatic carbocycles. The number of imidazole rings is 1. The van der Waals surface area contributed by atoms with Gasteiger partial charge in [-0.1, -0.05) is 18.2 Å². The number of carbonyl (C=O) groups excluding carboxylic acids is 1. The molecule has 7 heteroatoms. The molecule has 0 unspecified atom stereocenters. The zero-order valence-electron chi connectivity index (χ0n) is 15.3. The van der Waals surface area contributed by atoms with Crippen molar-refractivity contribution in [2.75, 3.05) is 38.6 Å². The molecule has 140 valence electrons. The highest BCUT2D eigenvalue weighted by Gasteiger charge is 2.22. The van der Waals surface area contributed by atoms with Gasteiger partial charge >= 0.3 is 6.03 Å². The molecule has 2 aromatic heterocycles. The fourth-order valence-corrected chi connectivity index (χ4v) is 3.38. The minimum Gasteiger partial charge on any atom is -0.495 e. The van der Waals surface area contributed by atoms with Crippen molar-refractivity contribution >= 4 is 17.4 Å². The van der Waals surface area contributed by atoms with Crippen LogP contribution < -0.4 is 10.1 Å². The topological polar surface area (TPSA) is 62.1 Å². The molecule has 0 bridgehead atoms.